The summed E-state index contributed by atoms with van der Waals surface area (Å²) in [5, 5.41) is 4.53. The number of hydrogen-bond acceptors (Lipinski definition) is 9. The van der Waals surface area contributed by atoms with Crippen molar-refractivity contribution in [3.8, 4) is 23.2 Å². The lowest BCUT2D eigenvalue weighted by atomic mass is 9.97. The van der Waals surface area contributed by atoms with Crippen LogP contribution in [0.5, 0.6) is 17.4 Å². The smallest absolute Gasteiger partial charge is 0.268 e. The third kappa shape index (κ3) is 5.97. The normalized spacial score (nSPS) is 19.1. The number of nitrogens with one attached hydrogen (secondary N) is 1. The van der Waals surface area contributed by atoms with E-state index in [0.29, 0.717) is 42.3 Å². The molecule has 1 saturated carbocycles. The lowest BCUT2D eigenvalue weighted by Gasteiger charge is -2.34. The number of rotatable bonds is 10. The molecule has 2 aliphatic rings. The Hall–Kier alpha value is -3.80. The van der Waals surface area contributed by atoms with Gasteiger partial charge in [-0.3, -0.25) is 4.79 Å². The predicted molar refractivity (Wildman–Crippen MR) is 154 cm³/mol. The van der Waals surface area contributed by atoms with E-state index >= 15 is 0 Å². The zero-order valence-electron chi connectivity index (χ0n) is 24.3. The average molecular weight is 584 g/mol. The van der Waals surface area contributed by atoms with E-state index in [4.69, 9.17) is 19.2 Å². The molecule has 3 heterocycles. The number of amides is 1. The summed E-state index contributed by atoms with van der Waals surface area (Å²) >= 11 is 0. The number of pyridine rings is 1. The highest BCUT2D eigenvalue weighted by Crippen LogP contribution is 2.45. The molecule has 1 atom stereocenters. The Kier molecular flexibility index (Phi) is 7.39. The van der Waals surface area contributed by atoms with Crippen molar-refractivity contribution in [2.45, 2.75) is 57.4 Å². The minimum absolute atomic E-state index is 0.0558. The molecule has 41 heavy (non-hydrogen) atoms. The van der Waals surface area contributed by atoms with Gasteiger partial charge in [0.2, 0.25) is 5.88 Å². The van der Waals surface area contributed by atoms with Gasteiger partial charge in [0, 0.05) is 35.8 Å². The fraction of sp³-hybridized carbons (Fsp3) is 0.483. The van der Waals surface area contributed by atoms with E-state index in [-0.39, 0.29) is 27.2 Å². The molecule has 5 rings (SSSR count). The Labute approximate surface area is 240 Å². The maximum absolute atomic E-state index is 13.6. The maximum Gasteiger partial charge on any atom is 0.268 e. The molecule has 1 aliphatic heterocycles. The van der Waals surface area contributed by atoms with E-state index in [1.54, 1.807) is 29.1 Å². The van der Waals surface area contributed by atoms with Gasteiger partial charge in [0.25, 0.3) is 15.9 Å². The molecule has 3 aromatic rings. The van der Waals surface area contributed by atoms with Crippen molar-refractivity contribution in [2.24, 2.45) is 11.3 Å². The van der Waals surface area contributed by atoms with Crippen molar-refractivity contribution in [3.05, 3.63) is 48.2 Å². The Morgan fingerprint density at radius 1 is 1.10 bits per heavy atom. The number of carbonyl (C=O) groups is 1. The first-order chi connectivity index (χ1) is 19.3. The van der Waals surface area contributed by atoms with Crippen LogP contribution in [0.1, 0.15) is 57.3 Å². The minimum Gasteiger partial charge on any atom is -0.497 e. The van der Waals surface area contributed by atoms with Crippen molar-refractivity contribution in [1.82, 2.24) is 19.5 Å². The molecule has 220 valence electrons. The second kappa shape index (κ2) is 10.6. The molecule has 2 fully saturated rings. The second-order valence-electron chi connectivity index (χ2n) is 11.9. The molecule has 0 radical (unpaired) electrons. The number of anilines is 1. The van der Waals surface area contributed by atoms with Gasteiger partial charge in [-0.1, -0.05) is 13.8 Å². The number of nitrogens with zero attached hydrogens (tertiary/aromatic N) is 4. The topological polar surface area (TPSA) is 125 Å². The van der Waals surface area contributed by atoms with Gasteiger partial charge < -0.3 is 19.1 Å². The molecule has 1 amide bonds. The minimum atomic E-state index is -4.29. The van der Waals surface area contributed by atoms with Crippen LogP contribution < -0.4 is 23.8 Å². The zero-order valence-corrected chi connectivity index (χ0v) is 25.1. The van der Waals surface area contributed by atoms with Gasteiger partial charge in [-0.2, -0.15) is 0 Å². The standard InChI is InChI=1S/C29H37N5O6S/c1-19-16-28(2,3)33(17-19)26-21(27(35)32-41(36,37)23-9-7-20(38-5)15-22(23)39-6)8-10-24(30-26)34-14-11-25(31-34)40-18-29(4)12-13-29/h7-11,14-15,19H,12-13,16-18H2,1-6H3,(H,32,35)/t19-/m0/s1. The molecule has 1 N–H and O–H groups in total. The highest BCUT2D eigenvalue weighted by Gasteiger charge is 2.40. The van der Waals surface area contributed by atoms with Crippen LogP contribution in [-0.2, 0) is 10.0 Å². The third-order valence-corrected chi connectivity index (χ3v) is 9.16. The summed E-state index contributed by atoms with van der Waals surface area (Å²) in [6.07, 6.45) is 4.94. The summed E-state index contributed by atoms with van der Waals surface area (Å²) < 4.78 is 46.8. The molecular weight excluding hydrogens is 546 g/mol. The summed E-state index contributed by atoms with van der Waals surface area (Å²) in [6, 6.07) is 9.28. The number of hydrogen-bond donors (Lipinski definition) is 1. The van der Waals surface area contributed by atoms with Gasteiger partial charge in [-0.25, -0.2) is 22.8 Å². The van der Waals surface area contributed by atoms with Crippen molar-refractivity contribution in [3.63, 3.8) is 0 Å². The molecule has 11 nitrogen and oxygen atoms in total. The zero-order chi connectivity index (χ0) is 29.6. The van der Waals surface area contributed by atoms with Crippen LogP contribution in [0.25, 0.3) is 5.82 Å². The van der Waals surface area contributed by atoms with E-state index in [2.05, 4.69) is 42.4 Å². The maximum atomic E-state index is 13.6. The number of carbonyl (C=O) groups excluding carboxylic acids is 1. The summed E-state index contributed by atoms with van der Waals surface area (Å²) in [5.41, 5.74) is 0.0477. The third-order valence-electron chi connectivity index (χ3n) is 7.79. The largest absolute Gasteiger partial charge is 0.497 e. The van der Waals surface area contributed by atoms with Gasteiger partial charge in [0.05, 0.1) is 26.4 Å². The predicted octanol–water partition coefficient (Wildman–Crippen LogP) is 4.21. The first-order valence-electron chi connectivity index (χ1n) is 13.6. The average Bonchev–Trinajstić information content (AvgIpc) is 3.35. The summed E-state index contributed by atoms with van der Waals surface area (Å²) in [7, 11) is -1.47. The van der Waals surface area contributed by atoms with Gasteiger partial charge in [-0.05, 0) is 63.3 Å². The fourth-order valence-corrected chi connectivity index (χ4v) is 6.37. The van der Waals surface area contributed by atoms with Crippen molar-refractivity contribution in [2.75, 3.05) is 32.3 Å². The number of sulfonamides is 1. The fourth-order valence-electron chi connectivity index (χ4n) is 5.26. The molecule has 0 bridgehead atoms. The Morgan fingerprint density at radius 2 is 1.85 bits per heavy atom. The monoisotopic (exact) mass is 583 g/mol. The number of aromatic nitrogens is 3. The van der Waals surface area contributed by atoms with Gasteiger partial charge in [-0.15, -0.1) is 5.10 Å². The Bertz CT molecular complexity index is 1560. The molecule has 0 unspecified atom stereocenters. The summed E-state index contributed by atoms with van der Waals surface area (Å²) in [5.74, 6) is 1.40. The quantitative estimate of drug-likeness (QED) is 0.374. The first kappa shape index (κ1) is 28.7. The molecule has 1 saturated heterocycles. The SMILES string of the molecule is COc1ccc(S(=O)(=O)NC(=O)c2ccc(-n3ccc(OCC4(C)CC4)n3)nc2N2C[C@@H](C)CC2(C)C)c(OC)c1. The van der Waals surface area contributed by atoms with Crippen molar-refractivity contribution in [1.29, 1.82) is 0 Å². The molecule has 0 spiro atoms. The van der Waals surface area contributed by atoms with Gasteiger partial charge in [0.1, 0.15) is 22.2 Å². The number of benzene rings is 1. The first-order valence-corrected chi connectivity index (χ1v) is 15.1. The summed E-state index contributed by atoms with van der Waals surface area (Å²) in [6.45, 7) is 9.77. The van der Waals surface area contributed by atoms with Crippen LogP contribution in [0, 0.1) is 11.3 Å². The number of ether oxygens (including phenoxy) is 3. The highest BCUT2D eigenvalue weighted by molar-refractivity contribution is 7.90. The Morgan fingerprint density at radius 3 is 2.49 bits per heavy atom. The second-order valence-corrected chi connectivity index (χ2v) is 13.6. The molecular formula is C29H37N5O6S. The van der Waals surface area contributed by atoms with Gasteiger partial charge >= 0.3 is 0 Å². The molecule has 12 heteroatoms. The molecule has 1 aliphatic carbocycles. The Balaban J connectivity index is 1.48. The van der Waals surface area contributed by atoms with E-state index in [1.165, 1.54) is 32.4 Å². The van der Waals surface area contributed by atoms with Crippen LogP contribution >= 0.6 is 0 Å². The summed E-state index contributed by atoms with van der Waals surface area (Å²) in [4.78, 5) is 20.3. The van der Waals surface area contributed by atoms with E-state index in [9.17, 15) is 13.2 Å². The molecule has 1 aromatic carbocycles. The van der Waals surface area contributed by atoms with Crippen molar-refractivity contribution < 1.29 is 27.4 Å². The van der Waals surface area contributed by atoms with Crippen LogP contribution in [0.4, 0.5) is 5.82 Å². The van der Waals surface area contributed by atoms with E-state index in [1.807, 2.05) is 0 Å². The number of methoxy groups -OCH3 is 2. The van der Waals surface area contributed by atoms with Crippen molar-refractivity contribution >= 4 is 21.7 Å². The van der Waals surface area contributed by atoms with Crippen LogP contribution in [0.2, 0.25) is 0 Å². The highest BCUT2D eigenvalue weighted by atomic mass is 32.2. The van der Waals surface area contributed by atoms with E-state index < -0.39 is 15.9 Å². The van der Waals surface area contributed by atoms with E-state index in [0.717, 1.165) is 19.3 Å². The van der Waals surface area contributed by atoms with Gasteiger partial charge in [0.15, 0.2) is 5.82 Å². The van der Waals surface area contributed by atoms with Crippen LogP contribution in [0.15, 0.2) is 47.5 Å². The van der Waals surface area contributed by atoms with Crippen LogP contribution in [-0.4, -0.2) is 62.0 Å². The lowest BCUT2D eigenvalue weighted by molar-refractivity contribution is 0.0981. The lowest BCUT2D eigenvalue weighted by Crippen LogP contribution is -2.41. The van der Waals surface area contributed by atoms with Crippen LogP contribution in [0.3, 0.4) is 0 Å². The molecule has 2 aromatic heterocycles.